The third-order valence-electron chi connectivity index (χ3n) is 3.93. The molecule has 0 spiro atoms. The number of aliphatic hydroxyl groups excluding tert-OH is 1. The summed E-state index contributed by atoms with van der Waals surface area (Å²) in [5.74, 6) is 0.209. The summed E-state index contributed by atoms with van der Waals surface area (Å²) >= 11 is 0. The van der Waals surface area contributed by atoms with Gasteiger partial charge in [0.2, 0.25) is 0 Å². The van der Waals surface area contributed by atoms with E-state index in [-0.39, 0.29) is 36.8 Å². The van der Waals surface area contributed by atoms with Crippen molar-refractivity contribution in [1.29, 1.82) is 0 Å². The highest BCUT2D eigenvalue weighted by Gasteiger charge is 2.58. The second-order valence-electron chi connectivity index (χ2n) is 7.12. The molecular formula is C16H28O5. The predicted octanol–water partition coefficient (Wildman–Crippen LogP) is 2.28. The maximum absolute atomic E-state index is 11.1. The number of aliphatic hydroxyl groups is 1. The molecule has 4 atom stereocenters. The second kappa shape index (κ2) is 6.36. The van der Waals surface area contributed by atoms with Crippen molar-refractivity contribution in [2.24, 2.45) is 10.8 Å². The van der Waals surface area contributed by atoms with Crippen LogP contribution < -0.4 is 0 Å². The number of esters is 1. The quantitative estimate of drug-likeness (QED) is 0.623. The molecule has 0 aliphatic carbocycles. The van der Waals surface area contributed by atoms with E-state index in [1.54, 1.807) is 6.92 Å². The lowest BCUT2D eigenvalue weighted by molar-refractivity contribution is -0.148. The lowest BCUT2D eigenvalue weighted by Crippen LogP contribution is -2.47. The van der Waals surface area contributed by atoms with E-state index in [0.29, 0.717) is 5.76 Å². The molecule has 0 aromatic carbocycles. The Hall–Kier alpha value is -1.07. The van der Waals surface area contributed by atoms with Crippen molar-refractivity contribution in [3.05, 3.63) is 12.3 Å². The van der Waals surface area contributed by atoms with Crippen LogP contribution in [-0.4, -0.2) is 42.6 Å². The molecule has 0 saturated carbocycles. The van der Waals surface area contributed by atoms with Gasteiger partial charge in [-0.3, -0.25) is 4.79 Å². The molecule has 0 aromatic heterocycles. The molecule has 0 amide bonds. The first kappa shape index (κ1) is 18.0. The highest BCUT2D eigenvalue weighted by Crippen LogP contribution is 2.46. The molecule has 1 fully saturated rings. The summed E-state index contributed by atoms with van der Waals surface area (Å²) in [6.45, 7) is 15.0. The monoisotopic (exact) mass is 300 g/mol. The normalized spacial score (nSPS) is 32.8. The van der Waals surface area contributed by atoms with Gasteiger partial charge in [0.05, 0.1) is 17.8 Å². The van der Waals surface area contributed by atoms with E-state index in [0.717, 1.165) is 0 Å². The minimum atomic E-state index is -0.660. The molecular weight excluding hydrogens is 272 g/mol. The maximum Gasteiger partial charge on any atom is 0.302 e. The van der Waals surface area contributed by atoms with Crippen LogP contribution in [0.1, 0.15) is 41.5 Å². The fraction of sp³-hybridized carbons (Fsp3) is 0.812. The number of hydrogen-bond acceptors (Lipinski definition) is 5. The Labute approximate surface area is 127 Å². The van der Waals surface area contributed by atoms with Crippen molar-refractivity contribution < 1.29 is 24.1 Å². The summed E-state index contributed by atoms with van der Waals surface area (Å²) in [7, 11) is 0. The summed E-state index contributed by atoms with van der Waals surface area (Å²) in [5.41, 5.74) is -0.839. The van der Waals surface area contributed by atoms with Crippen molar-refractivity contribution >= 4 is 5.97 Å². The number of rotatable bonds is 5. The first-order valence-electron chi connectivity index (χ1n) is 7.24. The van der Waals surface area contributed by atoms with E-state index in [4.69, 9.17) is 14.2 Å². The van der Waals surface area contributed by atoms with E-state index < -0.39 is 11.5 Å². The van der Waals surface area contributed by atoms with Crippen molar-refractivity contribution in [3.63, 3.8) is 0 Å². The standard InChI is InChI=1S/C16H28O5/c1-10(2)20-14-13(15(4,5)6)21-12(8-19-11(3)18)16(14,7)9-17/h12-14,17H,1,8-9H2,2-7H3/t12-,13-,14+,16-/m1/s1. The Bertz CT molecular complexity index is 398. The fourth-order valence-electron chi connectivity index (χ4n) is 2.62. The Balaban J connectivity index is 3.07. The number of carbonyl (C=O) groups is 1. The van der Waals surface area contributed by atoms with Crippen LogP contribution in [0.4, 0.5) is 0 Å². The summed E-state index contributed by atoms with van der Waals surface area (Å²) in [5, 5.41) is 9.90. The molecule has 122 valence electrons. The van der Waals surface area contributed by atoms with Crippen molar-refractivity contribution in [2.75, 3.05) is 13.2 Å². The minimum absolute atomic E-state index is 0.106. The summed E-state index contributed by atoms with van der Waals surface area (Å²) in [6.07, 6.45) is -0.993. The lowest BCUT2D eigenvalue weighted by Gasteiger charge is -2.36. The molecule has 0 bridgehead atoms. The molecule has 1 N–H and O–H groups in total. The molecule has 5 heteroatoms. The largest absolute Gasteiger partial charge is 0.492 e. The predicted molar refractivity (Wildman–Crippen MR) is 79.6 cm³/mol. The molecule has 0 aromatic rings. The molecule has 5 nitrogen and oxygen atoms in total. The molecule has 1 aliphatic rings. The molecule has 1 aliphatic heterocycles. The van der Waals surface area contributed by atoms with Gasteiger partial charge in [-0.1, -0.05) is 34.3 Å². The number of allylic oxidation sites excluding steroid dienone is 1. The molecule has 1 saturated heterocycles. The average molecular weight is 300 g/mol. The average Bonchev–Trinajstić information content (AvgIpc) is 2.60. The zero-order valence-corrected chi connectivity index (χ0v) is 13.9. The van der Waals surface area contributed by atoms with Crippen LogP contribution in [-0.2, 0) is 19.0 Å². The van der Waals surface area contributed by atoms with Gasteiger partial charge in [0.25, 0.3) is 0 Å². The molecule has 1 heterocycles. The Morgan fingerprint density at radius 2 is 1.95 bits per heavy atom. The lowest BCUT2D eigenvalue weighted by atomic mass is 9.74. The topological polar surface area (TPSA) is 65.0 Å². The van der Waals surface area contributed by atoms with Gasteiger partial charge >= 0.3 is 5.97 Å². The minimum Gasteiger partial charge on any atom is -0.492 e. The Morgan fingerprint density at radius 3 is 2.33 bits per heavy atom. The molecule has 21 heavy (non-hydrogen) atoms. The van der Waals surface area contributed by atoms with Gasteiger partial charge in [-0.2, -0.15) is 0 Å². The van der Waals surface area contributed by atoms with Gasteiger partial charge < -0.3 is 19.3 Å². The first-order valence-corrected chi connectivity index (χ1v) is 7.24. The van der Waals surface area contributed by atoms with Crippen LogP contribution in [0.3, 0.4) is 0 Å². The van der Waals surface area contributed by atoms with Gasteiger partial charge in [-0.05, 0) is 12.3 Å². The zero-order chi connectivity index (χ0) is 16.4. The van der Waals surface area contributed by atoms with Gasteiger partial charge in [-0.25, -0.2) is 0 Å². The third-order valence-corrected chi connectivity index (χ3v) is 3.93. The Morgan fingerprint density at radius 1 is 1.38 bits per heavy atom. The fourth-order valence-corrected chi connectivity index (χ4v) is 2.62. The summed E-state index contributed by atoms with van der Waals surface area (Å²) in [6, 6.07) is 0. The zero-order valence-electron chi connectivity index (χ0n) is 13.9. The van der Waals surface area contributed by atoms with Gasteiger partial charge in [0.1, 0.15) is 24.9 Å². The smallest absolute Gasteiger partial charge is 0.302 e. The van der Waals surface area contributed by atoms with Crippen LogP contribution in [0.2, 0.25) is 0 Å². The van der Waals surface area contributed by atoms with E-state index >= 15 is 0 Å². The van der Waals surface area contributed by atoms with E-state index in [9.17, 15) is 9.90 Å². The SMILES string of the molecule is C=C(C)O[C@H]1[C@H](C(C)(C)C)O[C@H](COC(C)=O)[C@@]1(C)CO. The molecule has 0 unspecified atom stereocenters. The van der Waals surface area contributed by atoms with Gasteiger partial charge in [-0.15, -0.1) is 0 Å². The highest BCUT2D eigenvalue weighted by atomic mass is 16.6. The molecule has 1 rings (SSSR count). The maximum atomic E-state index is 11.1. The summed E-state index contributed by atoms with van der Waals surface area (Å²) in [4.78, 5) is 11.1. The van der Waals surface area contributed by atoms with Crippen molar-refractivity contribution in [1.82, 2.24) is 0 Å². The third kappa shape index (κ3) is 3.98. The van der Waals surface area contributed by atoms with Crippen LogP contribution >= 0.6 is 0 Å². The Kier molecular flexibility index (Phi) is 5.45. The van der Waals surface area contributed by atoms with Gasteiger partial charge in [0, 0.05) is 6.92 Å². The summed E-state index contributed by atoms with van der Waals surface area (Å²) < 4.78 is 17.1. The van der Waals surface area contributed by atoms with Crippen LogP contribution in [0.15, 0.2) is 12.3 Å². The molecule has 0 radical (unpaired) electrons. The van der Waals surface area contributed by atoms with Crippen LogP contribution in [0, 0.1) is 10.8 Å². The van der Waals surface area contributed by atoms with E-state index in [2.05, 4.69) is 27.4 Å². The first-order chi connectivity index (χ1) is 9.52. The second-order valence-corrected chi connectivity index (χ2v) is 7.12. The van der Waals surface area contributed by atoms with Gasteiger partial charge in [0.15, 0.2) is 0 Å². The highest BCUT2D eigenvalue weighted by molar-refractivity contribution is 5.65. The number of ether oxygens (including phenoxy) is 3. The number of carbonyl (C=O) groups excluding carboxylic acids is 1. The van der Waals surface area contributed by atoms with E-state index in [1.807, 2.05) is 6.92 Å². The van der Waals surface area contributed by atoms with Crippen molar-refractivity contribution in [2.45, 2.75) is 59.9 Å². The van der Waals surface area contributed by atoms with Crippen molar-refractivity contribution in [3.8, 4) is 0 Å². The van der Waals surface area contributed by atoms with Crippen LogP contribution in [0.25, 0.3) is 0 Å². The number of hydrogen-bond donors (Lipinski definition) is 1. The van der Waals surface area contributed by atoms with Crippen LogP contribution in [0.5, 0.6) is 0 Å². The van der Waals surface area contributed by atoms with E-state index in [1.165, 1.54) is 6.92 Å².